The summed E-state index contributed by atoms with van der Waals surface area (Å²) in [5.41, 5.74) is 5.05. The third-order valence-electron chi connectivity index (χ3n) is 2.58. The van der Waals surface area contributed by atoms with Crippen LogP contribution >= 0.6 is 11.8 Å². The van der Waals surface area contributed by atoms with E-state index >= 15 is 0 Å². The molecular weight excluding hydrogens is 218 g/mol. The lowest BCUT2D eigenvalue weighted by atomic mass is 10.0. The van der Waals surface area contributed by atoms with Crippen LogP contribution in [-0.2, 0) is 4.84 Å². The van der Waals surface area contributed by atoms with Gasteiger partial charge in [-0.3, -0.25) is 0 Å². The van der Waals surface area contributed by atoms with Crippen LogP contribution in [0.5, 0.6) is 0 Å². The van der Waals surface area contributed by atoms with E-state index < -0.39 is 0 Å². The van der Waals surface area contributed by atoms with Crippen molar-refractivity contribution in [2.45, 2.75) is 39.6 Å². The Hall–Kier alpha value is -0.960. The van der Waals surface area contributed by atoms with Crippen molar-refractivity contribution in [2.24, 2.45) is 5.16 Å². The van der Waals surface area contributed by atoms with Gasteiger partial charge in [-0.05, 0) is 45.7 Å². The van der Waals surface area contributed by atoms with Crippen LogP contribution in [0.4, 0.5) is 0 Å². The van der Waals surface area contributed by atoms with Crippen LogP contribution in [0.25, 0.3) is 0 Å². The number of hydrogen-bond donors (Lipinski definition) is 0. The molecule has 0 amide bonds. The molecular formula is C13H17NOS. The molecule has 1 aromatic carbocycles. The molecule has 1 aromatic rings. The van der Waals surface area contributed by atoms with Crippen molar-refractivity contribution in [1.82, 2.24) is 0 Å². The van der Waals surface area contributed by atoms with Crippen molar-refractivity contribution in [2.75, 3.05) is 0 Å². The lowest BCUT2D eigenvalue weighted by molar-refractivity contribution is 0.0667. The molecule has 0 aliphatic carbocycles. The quantitative estimate of drug-likeness (QED) is 0.739. The van der Waals surface area contributed by atoms with Crippen molar-refractivity contribution in [1.29, 1.82) is 0 Å². The van der Waals surface area contributed by atoms with Crippen molar-refractivity contribution in [3.05, 3.63) is 34.4 Å². The van der Waals surface area contributed by atoms with Gasteiger partial charge in [0.1, 0.15) is 5.04 Å². The number of hydrogen-bond acceptors (Lipinski definition) is 3. The number of benzene rings is 1. The summed E-state index contributed by atoms with van der Waals surface area (Å²) in [6.45, 7) is 10.4. The molecule has 2 rings (SSSR count). The molecule has 16 heavy (non-hydrogen) atoms. The first-order valence-corrected chi connectivity index (χ1v) is 6.24. The van der Waals surface area contributed by atoms with Crippen molar-refractivity contribution in [3.63, 3.8) is 0 Å². The Morgan fingerprint density at radius 3 is 2.12 bits per heavy atom. The Balaban J connectivity index is 2.43. The lowest BCUT2D eigenvalue weighted by Crippen LogP contribution is -2.13. The highest BCUT2D eigenvalue weighted by atomic mass is 32.2. The van der Waals surface area contributed by atoms with Gasteiger partial charge in [-0.15, -0.1) is 0 Å². The molecule has 0 fully saturated rings. The molecule has 0 saturated carbocycles. The third-order valence-corrected chi connectivity index (χ3v) is 3.62. The van der Waals surface area contributed by atoms with E-state index in [1.807, 2.05) is 13.8 Å². The number of thioether (sulfide) groups is 1. The first-order chi connectivity index (χ1) is 7.39. The van der Waals surface area contributed by atoms with E-state index in [0.717, 1.165) is 5.04 Å². The molecule has 0 saturated heterocycles. The standard InChI is InChI=1S/C13H17NOS/c1-8-6-9(2)11(10(3)7-8)12-14-15-13(4,5)16-12/h6-7H,1-5H3. The second kappa shape index (κ2) is 3.81. The van der Waals surface area contributed by atoms with Gasteiger partial charge in [-0.25, -0.2) is 0 Å². The molecule has 0 bridgehead atoms. The minimum absolute atomic E-state index is 0.237. The maximum Gasteiger partial charge on any atom is 0.183 e. The van der Waals surface area contributed by atoms with Crippen LogP contribution in [0.3, 0.4) is 0 Å². The topological polar surface area (TPSA) is 21.6 Å². The van der Waals surface area contributed by atoms with Crippen LogP contribution in [-0.4, -0.2) is 9.98 Å². The SMILES string of the molecule is Cc1cc(C)c(C2=NOC(C)(C)S2)c(C)c1. The van der Waals surface area contributed by atoms with Gasteiger partial charge in [-0.2, -0.15) is 0 Å². The zero-order valence-corrected chi connectivity index (χ0v) is 11.2. The van der Waals surface area contributed by atoms with Crippen molar-refractivity contribution >= 4 is 16.8 Å². The Bertz CT molecular complexity index is 440. The monoisotopic (exact) mass is 235 g/mol. The van der Waals surface area contributed by atoms with Crippen molar-refractivity contribution < 1.29 is 4.84 Å². The van der Waals surface area contributed by atoms with Crippen LogP contribution in [0.1, 0.15) is 36.1 Å². The molecule has 1 aliphatic rings. The fourth-order valence-corrected chi connectivity index (χ4v) is 3.07. The molecule has 0 spiro atoms. The molecule has 2 nitrogen and oxygen atoms in total. The number of aryl methyl sites for hydroxylation is 3. The summed E-state index contributed by atoms with van der Waals surface area (Å²) in [5.74, 6) is 0. The van der Waals surface area contributed by atoms with Crippen LogP contribution < -0.4 is 0 Å². The summed E-state index contributed by atoms with van der Waals surface area (Å²) in [6.07, 6.45) is 0. The highest BCUT2D eigenvalue weighted by Crippen LogP contribution is 2.37. The van der Waals surface area contributed by atoms with Gasteiger partial charge < -0.3 is 4.84 Å². The third kappa shape index (κ3) is 2.09. The molecule has 0 radical (unpaired) electrons. The molecule has 86 valence electrons. The fourth-order valence-electron chi connectivity index (χ4n) is 2.04. The van der Waals surface area contributed by atoms with Gasteiger partial charge in [0.15, 0.2) is 4.93 Å². The zero-order chi connectivity index (χ0) is 11.9. The van der Waals surface area contributed by atoms with E-state index in [1.54, 1.807) is 11.8 Å². The summed E-state index contributed by atoms with van der Waals surface area (Å²) >= 11 is 1.68. The fraction of sp³-hybridized carbons (Fsp3) is 0.462. The second-order valence-electron chi connectivity index (χ2n) is 4.76. The number of oxime groups is 1. The van der Waals surface area contributed by atoms with Crippen molar-refractivity contribution in [3.8, 4) is 0 Å². The Morgan fingerprint density at radius 2 is 1.69 bits per heavy atom. The minimum atomic E-state index is -0.237. The van der Waals surface area contributed by atoms with Crippen LogP contribution in [0.15, 0.2) is 17.3 Å². The first-order valence-electron chi connectivity index (χ1n) is 5.42. The predicted molar refractivity (Wildman–Crippen MR) is 69.9 cm³/mol. The summed E-state index contributed by atoms with van der Waals surface area (Å²) in [7, 11) is 0. The highest BCUT2D eigenvalue weighted by Gasteiger charge is 2.31. The first kappa shape index (κ1) is 11.5. The average Bonchev–Trinajstić information content (AvgIpc) is 2.44. The Kier molecular flexibility index (Phi) is 2.74. The van der Waals surface area contributed by atoms with E-state index in [1.165, 1.54) is 22.3 Å². The molecule has 1 aliphatic heterocycles. The number of rotatable bonds is 1. The number of nitrogens with zero attached hydrogens (tertiary/aromatic N) is 1. The van der Waals surface area contributed by atoms with E-state index in [-0.39, 0.29) is 4.93 Å². The molecule has 0 atom stereocenters. The van der Waals surface area contributed by atoms with E-state index in [9.17, 15) is 0 Å². The summed E-state index contributed by atoms with van der Waals surface area (Å²) in [5, 5.41) is 5.19. The van der Waals surface area contributed by atoms with E-state index in [0.29, 0.717) is 0 Å². The highest BCUT2D eigenvalue weighted by molar-refractivity contribution is 8.15. The van der Waals surface area contributed by atoms with Crippen LogP contribution in [0, 0.1) is 20.8 Å². The molecule has 0 N–H and O–H groups in total. The predicted octanol–water partition coefficient (Wildman–Crippen LogP) is 3.77. The Labute approximate surface area is 101 Å². The Morgan fingerprint density at radius 1 is 1.12 bits per heavy atom. The summed E-state index contributed by atoms with van der Waals surface area (Å²) in [6, 6.07) is 4.38. The van der Waals surface area contributed by atoms with Gasteiger partial charge in [0, 0.05) is 5.56 Å². The molecule has 0 unspecified atom stereocenters. The largest absolute Gasteiger partial charge is 0.377 e. The molecule has 3 heteroatoms. The van der Waals surface area contributed by atoms with Gasteiger partial charge in [0.25, 0.3) is 0 Å². The van der Waals surface area contributed by atoms with Gasteiger partial charge >= 0.3 is 0 Å². The maximum absolute atomic E-state index is 5.40. The average molecular weight is 235 g/mol. The maximum atomic E-state index is 5.40. The van der Waals surface area contributed by atoms with E-state index in [4.69, 9.17) is 4.84 Å². The minimum Gasteiger partial charge on any atom is -0.377 e. The zero-order valence-electron chi connectivity index (χ0n) is 10.4. The van der Waals surface area contributed by atoms with E-state index in [2.05, 4.69) is 38.1 Å². The normalized spacial score (nSPS) is 18.2. The van der Waals surface area contributed by atoms with Crippen LogP contribution in [0.2, 0.25) is 0 Å². The summed E-state index contributed by atoms with van der Waals surface area (Å²) < 4.78 is 0. The lowest BCUT2D eigenvalue weighted by Gasteiger charge is -2.14. The second-order valence-corrected chi connectivity index (χ2v) is 6.34. The van der Waals surface area contributed by atoms with Gasteiger partial charge in [0.2, 0.25) is 0 Å². The summed E-state index contributed by atoms with van der Waals surface area (Å²) in [4.78, 5) is 5.16. The van der Waals surface area contributed by atoms with Gasteiger partial charge in [0.05, 0.1) is 0 Å². The van der Waals surface area contributed by atoms with Gasteiger partial charge in [-0.1, -0.05) is 34.6 Å². The molecule has 1 heterocycles. The smallest absolute Gasteiger partial charge is 0.183 e. The molecule has 0 aromatic heterocycles.